The van der Waals surface area contributed by atoms with E-state index < -0.39 is 6.04 Å². The normalized spacial score (nSPS) is 14.2. The van der Waals surface area contributed by atoms with E-state index in [-0.39, 0.29) is 5.91 Å². The quantitative estimate of drug-likeness (QED) is 0.579. The van der Waals surface area contributed by atoms with Gasteiger partial charge >= 0.3 is 0 Å². The van der Waals surface area contributed by atoms with Gasteiger partial charge in [-0.15, -0.1) is 0 Å². The topological polar surface area (TPSA) is 50.8 Å². The lowest BCUT2D eigenvalue weighted by molar-refractivity contribution is -0.131. The van der Waals surface area contributed by atoms with Crippen molar-refractivity contribution in [3.05, 3.63) is 78.4 Å². The van der Waals surface area contributed by atoms with Crippen molar-refractivity contribution in [2.45, 2.75) is 18.9 Å². The van der Waals surface area contributed by atoms with Crippen LogP contribution in [0.1, 0.15) is 24.4 Å². The van der Waals surface area contributed by atoms with Gasteiger partial charge in [-0.2, -0.15) is 0 Å². The van der Waals surface area contributed by atoms with Crippen LogP contribution in [0.25, 0.3) is 11.1 Å². The maximum absolute atomic E-state index is 13.3. The van der Waals surface area contributed by atoms with Gasteiger partial charge in [-0.25, -0.2) is 0 Å². The molecule has 31 heavy (non-hydrogen) atoms. The first-order valence-corrected chi connectivity index (χ1v) is 10.6. The Morgan fingerprint density at radius 2 is 1.61 bits per heavy atom. The fourth-order valence-electron chi connectivity index (χ4n) is 4.01. The summed E-state index contributed by atoms with van der Waals surface area (Å²) in [5.74, 6) is 1.70. The Bertz CT molecular complexity index is 1010. The minimum absolute atomic E-state index is 0.116. The van der Waals surface area contributed by atoms with Crippen LogP contribution in [0.4, 0.5) is 5.69 Å². The Labute approximate surface area is 183 Å². The van der Waals surface area contributed by atoms with Crippen LogP contribution in [0.15, 0.2) is 72.8 Å². The second-order valence-electron chi connectivity index (χ2n) is 7.66. The fourth-order valence-corrected chi connectivity index (χ4v) is 4.01. The summed E-state index contributed by atoms with van der Waals surface area (Å²) in [4.78, 5) is 15.3. The van der Waals surface area contributed by atoms with E-state index in [1.165, 1.54) is 0 Å². The van der Waals surface area contributed by atoms with Crippen molar-refractivity contribution >= 4 is 11.6 Å². The highest BCUT2D eigenvalue weighted by Gasteiger charge is 2.28. The lowest BCUT2D eigenvalue weighted by Crippen LogP contribution is -2.36. The maximum Gasteiger partial charge on any atom is 0.249 e. The zero-order valence-electron chi connectivity index (χ0n) is 18.0. The van der Waals surface area contributed by atoms with E-state index in [0.29, 0.717) is 0 Å². The van der Waals surface area contributed by atoms with Crippen molar-refractivity contribution in [3.63, 3.8) is 0 Å². The van der Waals surface area contributed by atoms with Gasteiger partial charge in [0.1, 0.15) is 17.5 Å². The van der Waals surface area contributed by atoms with E-state index in [1.54, 1.807) is 14.2 Å². The van der Waals surface area contributed by atoms with Crippen molar-refractivity contribution in [2.24, 2.45) is 0 Å². The molecule has 0 unspecified atom stereocenters. The maximum atomic E-state index is 13.3. The number of benzene rings is 3. The van der Waals surface area contributed by atoms with Gasteiger partial charge < -0.3 is 19.7 Å². The standard InChI is InChI=1S/C26H28N2O3/c1-30-22-13-10-19(11-14-22)23-18-21(12-15-24(23)31-2)27-25(20-8-4-3-5-9-20)26(29)28-16-6-7-17-28/h3-5,8-15,18,25,27H,6-7,16-17H2,1-2H3/t25-/m1/s1. The number of carbonyl (C=O) groups excluding carboxylic acids is 1. The van der Waals surface area contributed by atoms with Crippen molar-refractivity contribution in [1.29, 1.82) is 0 Å². The average Bonchev–Trinajstić information content (AvgIpc) is 3.38. The number of amides is 1. The highest BCUT2D eigenvalue weighted by Crippen LogP contribution is 2.35. The molecule has 0 saturated carbocycles. The van der Waals surface area contributed by atoms with Crippen LogP contribution < -0.4 is 14.8 Å². The van der Waals surface area contributed by atoms with Gasteiger partial charge in [-0.1, -0.05) is 42.5 Å². The molecule has 0 bridgehead atoms. The molecule has 0 aliphatic carbocycles. The van der Waals surface area contributed by atoms with Crippen LogP contribution in [0, 0.1) is 0 Å². The summed E-state index contributed by atoms with van der Waals surface area (Å²) in [6.07, 6.45) is 2.13. The number of methoxy groups -OCH3 is 2. The summed E-state index contributed by atoms with van der Waals surface area (Å²) in [6.45, 7) is 1.65. The number of hydrogen-bond donors (Lipinski definition) is 1. The molecule has 1 atom stereocenters. The molecule has 1 fully saturated rings. The van der Waals surface area contributed by atoms with Crippen LogP contribution in [0.5, 0.6) is 11.5 Å². The Morgan fingerprint density at radius 3 is 2.26 bits per heavy atom. The molecule has 160 valence electrons. The van der Waals surface area contributed by atoms with Crippen LogP contribution >= 0.6 is 0 Å². The first-order chi connectivity index (χ1) is 15.2. The monoisotopic (exact) mass is 416 g/mol. The minimum Gasteiger partial charge on any atom is -0.497 e. The third-order valence-corrected chi connectivity index (χ3v) is 5.71. The lowest BCUT2D eigenvalue weighted by Gasteiger charge is -2.25. The van der Waals surface area contributed by atoms with E-state index in [0.717, 1.165) is 59.8 Å². The van der Waals surface area contributed by atoms with Crippen molar-refractivity contribution in [3.8, 4) is 22.6 Å². The predicted molar refractivity (Wildman–Crippen MR) is 124 cm³/mol. The number of anilines is 1. The van der Waals surface area contributed by atoms with Gasteiger partial charge in [-0.05, 0) is 54.3 Å². The lowest BCUT2D eigenvalue weighted by atomic mass is 10.0. The summed E-state index contributed by atoms with van der Waals surface area (Å²) in [7, 11) is 3.32. The van der Waals surface area contributed by atoms with Crippen LogP contribution in [-0.4, -0.2) is 38.1 Å². The molecule has 3 aromatic rings. The SMILES string of the molecule is COc1ccc(-c2cc(N[C@@H](C(=O)N3CCCC3)c3ccccc3)ccc2OC)cc1. The van der Waals surface area contributed by atoms with Crippen LogP contribution in [0.2, 0.25) is 0 Å². The van der Waals surface area contributed by atoms with Crippen LogP contribution in [-0.2, 0) is 4.79 Å². The molecule has 1 saturated heterocycles. The average molecular weight is 417 g/mol. The number of likely N-dealkylation sites (tertiary alicyclic amines) is 1. The van der Waals surface area contributed by atoms with E-state index in [9.17, 15) is 4.79 Å². The first-order valence-electron chi connectivity index (χ1n) is 10.6. The molecule has 1 N–H and O–H groups in total. The molecule has 3 aromatic carbocycles. The van der Waals surface area contributed by atoms with Crippen molar-refractivity contribution < 1.29 is 14.3 Å². The van der Waals surface area contributed by atoms with E-state index >= 15 is 0 Å². The molecule has 1 aliphatic heterocycles. The Balaban J connectivity index is 1.67. The van der Waals surface area contributed by atoms with Gasteiger partial charge in [0.15, 0.2) is 0 Å². The molecule has 0 radical (unpaired) electrons. The Hall–Kier alpha value is -3.47. The van der Waals surface area contributed by atoms with Gasteiger partial charge in [0.25, 0.3) is 0 Å². The highest BCUT2D eigenvalue weighted by molar-refractivity contribution is 5.87. The largest absolute Gasteiger partial charge is 0.497 e. The molecule has 1 aliphatic rings. The first kappa shape index (κ1) is 20.8. The van der Waals surface area contributed by atoms with Gasteiger partial charge in [-0.3, -0.25) is 4.79 Å². The molecule has 5 heteroatoms. The number of ether oxygens (including phenoxy) is 2. The summed E-state index contributed by atoms with van der Waals surface area (Å²) in [5, 5.41) is 3.48. The highest BCUT2D eigenvalue weighted by atomic mass is 16.5. The number of nitrogens with zero attached hydrogens (tertiary/aromatic N) is 1. The molecule has 0 spiro atoms. The number of carbonyl (C=O) groups is 1. The molecule has 4 rings (SSSR count). The van der Waals surface area contributed by atoms with E-state index in [2.05, 4.69) is 5.32 Å². The molecular formula is C26H28N2O3. The summed E-state index contributed by atoms with van der Waals surface area (Å²) < 4.78 is 10.9. The predicted octanol–water partition coefficient (Wildman–Crippen LogP) is 5.15. The Kier molecular flexibility index (Phi) is 6.41. The number of hydrogen-bond acceptors (Lipinski definition) is 4. The van der Waals surface area contributed by atoms with Crippen molar-refractivity contribution in [2.75, 3.05) is 32.6 Å². The second-order valence-corrected chi connectivity index (χ2v) is 7.66. The van der Waals surface area contributed by atoms with Crippen molar-refractivity contribution in [1.82, 2.24) is 4.90 Å². The zero-order chi connectivity index (χ0) is 21.6. The van der Waals surface area contributed by atoms with Gasteiger partial charge in [0, 0.05) is 24.3 Å². The molecule has 5 nitrogen and oxygen atoms in total. The third-order valence-electron chi connectivity index (χ3n) is 5.71. The molecule has 0 aromatic heterocycles. The molecular weight excluding hydrogens is 388 g/mol. The number of rotatable bonds is 7. The zero-order valence-corrected chi connectivity index (χ0v) is 18.0. The fraction of sp³-hybridized carbons (Fsp3) is 0.269. The van der Waals surface area contributed by atoms with E-state index in [1.807, 2.05) is 77.7 Å². The molecule has 1 heterocycles. The second kappa shape index (κ2) is 9.56. The third kappa shape index (κ3) is 4.66. The minimum atomic E-state index is -0.434. The molecule has 1 amide bonds. The summed E-state index contributed by atoms with van der Waals surface area (Å²) >= 11 is 0. The Morgan fingerprint density at radius 1 is 0.903 bits per heavy atom. The number of nitrogens with one attached hydrogen (secondary N) is 1. The smallest absolute Gasteiger partial charge is 0.249 e. The van der Waals surface area contributed by atoms with Crippen LogP contribution in [0.3, 0.4) is 0 Å². The summed E-state index contributed by atoms with van der Waals surface area (Å²) in [5.41, 5.74) is 3.80. The van der Waals surface area contributed by atoms with Gasteiger partial charge in [0.2, 0.25) is 5.91 Å². The van der Waals surface area contributed by atoms with Gasteiger partial charge in [0.05, 0.1) is 14.2 Å². The van der Waals surface area contributed by atoms with E-state index in [4.69, 9.17) is 9.47 Å². The summed E-state index contributed by atoms with van der Waals surface area (Å²) in [6, 6.07) is 23.3.